The van der Waals surface area contributed by atoms with Gasteiger partial charge in [-0.25, -0.2) is 4.39 Å². The normalized spacial score (nSPS) is 22.2. The van der Waals surface area contributed by atoms with Gasteiger partial charge < -0.3 is 10.6 Å². The lowest BCUT2D eigenvalue weighted by atomic mass is 9.79. The highest BCUT2D eigenvalue weighted by Gasteiger charge is 2.37. The van der Waals surface area contributed by atoms with E-state index < -0.39 is 0 Å². The molecule has 1 fully saturated rings. The van der Waals surface area contributed by atoms with Gasteiger partial charge in [-0.1, -0.05) is 11.6 Å². The van der Waals surface area contributed by atoms with Crippen molar-refractivity contribution in [2.45, 2.75) is 57.7 Å². The summed E-state index contributed by atoms with van der Waals surface area (Å²) in [5, 5.41) is 7.28. The molecule has 1 aliphatic heterocycles. The minimum Gasteiger partial charge on any atom is -0.382 e. The van der Waals surface area contributed by atoms with Gasteiger partial charge in [0, 0.05) is 22.8 Å². The summed E-state index contributed by atoms with van der Waals surface area (Å²) in [6.45, 7) is 8.83. The van der Waals surface area contributed by atoms with Crippen LogP contribution in [0.15, 0.2) is 18.2 Å². The Morgan fingerprint density at radius 1 is 1.21 bits per heavy atom. The van der Waals surface area contributed by atoms with Crippen LogP contribution in [0.25, 0.3) is 0 Å². The molecule has 0 radical (unpaired) electrons. The molecule has 0 bridgehead atoms. The molecule has 0 amide bonds. The highest BCUT2D eigenvalue weighted by atomic mass is 35.5. The van der Waals surface area contributed by atoms with Crippen molar-refractivity contribution >= 4 is 17.3 Å². The molecule has 1 aromatic carbocycles. The number of nitrogens with one attached hydrogen (secondary N) is 2. The highest BCUT2D eigenvalue weighted by Crippen LogP contribution is 2.31. The molecule has 1 aromatic rings. The van der Waals surface area contributed by atoms with Crippen molar-refractivity contribution in [1.29, 1.82) is 0 Å². The maximum atomic E-state index is 13.2. The van der Waals surface area contributed by atoms with E-state index in [1.807, 2.05) is 0 Å². The van der Waals surface area contributed by atoms with Gasteiger partial charge in [0.05, 0.1) is 5.02 Å². The molecule has 0 atom stereocenters. The zero-order valence-electron chi connectivity index (χ0n) is 12.0. The van der Waals surface area contributed by atoms with Gasteiger partial charge >= 0.3 is 0 Å². The third kappa shape index (κ3) is 3.83. The van der Waals surface area contributed by atoms with Crippen LogP contribution in [0.4, 0.5) is 10.1 Å². The summed E-state index contributed by atoms with van der Waals surface area (Å²) in [6.07, 6.45) is 2.04. The SMILES string of the molecule is CC1(C)CC(Nc2ccc(F)c(Cl)c2)CC(C)(C)N1. The predicted octanol–water partition coefficient (Wildman–Crippen LogP) is 4.20. The van der Waals surface area contributed by atoms with E-state index in [4.69, 9.17) is 11.6 Å². The minimum atomic E-state index is -0.377. The van der Waals surface area contributed by atoms with Crippen LogP contribution in [0.1, 0.15) is 40.5 Å². The molecule has 0 aliphatic carbocycles. The standard InChI is InChI=1S/C15H22ClFN2/c1-14(2)8-11(9-15(3,4)19-14)18-10-5-6-13(17)12(16)7-10/h5-7,11,18-19H,8-9H2,1-4H3. The first-order chi connectivity index (χ1) is 8.67. The van der Waals surface area contributed by atoms with E-state index in [2.05, 4.69) is 38.3 Å². The quantitative estimate of drug-likeness (QED) is 0.850. The van der Waals surface area contributed by atoms with Crippen LogP contribution in [-0.2, 0) is 0 Å². The monoisotopic (exact) mass is 284 g/mol. The Kier molecular flexibility index (Phi) is 3.80. The van der Waals surface area contributed by atoms with Gasteiger partial charge in [0.1, 0.15) is 5.82 Å². The van der Waals surface area contributed by atoms with Crippen LogP contribution < -0.4 is 10.6 Å². The molecule has 2 N–H and O–H groups in total. The maximum absolute atomic E-state index is 13.2. The molecule has 0 spiro atoms. The Balaban J connectivity index is 2.11. The summed E-state index contributed by atoms with van der Waals surface area (Å²) in [5.41, 5.74) is 1.05. The average molecular weight is 285 g/mol. The number of piperidine rings is 1. The summed E-state index contributed by atoms with van der Waals surface area (Å²) in [4.78, 5) is 0. The Hall–Kier alpha value is -0.800. The van der Waals surface area contributed by atoms with E-state index in [-0.39, 0.29) is 21.9 Å². The fourth-order valence-corrected chi connectivity index (χ4v) is 3.43. The first-order valence-electron chi connectivity index (χ1n) is 6.68. The fraction of sp³-hybridized carbons (Fsp3) is 0.600. The Bertz CT molecular complexity index is 455. The van der Waals surface area contributed by atoms with E-state index in [9.17, 15) is 4.39 Å². The summed E-state index contributed by atoms with van der Waals surface area (Å²) in [5.74, 6) is -0.377. The van der Waals surface area contributed by atoms with Gasteiger partial charge in [-0.15, -0.1) is 0 Å². The summed E-state index contributed by atoms with van der Waals surface area (Å²) in [7, 11) is 0. The molecule has 1 aliphatic rings. The third-order valence-electron chi connectivity index (χ3n) is 3.48. The highest BCUT2D eigenvalue weighted by molar-refractivity contribution is 6.31. The molecule has 2 nitrogen and oxygen atoms in total. The average Bonchev–Trinajstić information content (AvgIpc) is 2.18. The topological polar surface area (TPSA) is 24.1 Å². The number of anilines is 1. The third-order valence-corrected chi connectivity index (χ3v) is 3.77. The molecule has 106 valence electrons. The van der Waals surface area contributed by atoms with Crippen molar-refractivity contribution in [2.24, 2.45) is 0 Å². The van der Waals surface area contributed by atoms with Crippen LogP contribution in [0.2, 0.25) is 5.02 Å². The van der Waals surface area contributed by atoms with Crippen LogP contribution >= 0.6 is 11.6 Å². The molecular formula is C15H22ClFN2. The molecule has 0 unspecified atom stereocenters. The second kappa shape index (κ2) is 4.95. The summed E-state index contributed by atoms with van der Waals surface area (Å²) in [6, 6.07) is 5.15. The fourth-order valence-electron chi connectivity index (χ4n) is 3.25. The smallest absolute Gasteiger partial charge is 0.141 e. The van der Waals surface area contributed by atoms with E-state index in [1.165, 1.54) is 6.07 Å². The van der Waals surface area contributed by atoms with E-state index in [0.717, 1.165) is 18.5 Å². The second-order valence-electron chi connectivity index (χ2n) is 6.77. The first-order valence-corrected chi connectivity index (χ1v) is 7.06. The molecule has 0 aromatic heterocycles. The molecule has 1 heterocycles. The lowest BCUT2D eigenvalue weighted by Gasteiger charge is -2.47. The number of benzene rings is 1. The summed E-state index contributed by atoms with van der Waals surface area (Å²) < 4.78 is 13.2. The molecule has 4 heteroatoms. The molecular weight excluding hydrogens is 263 g/mol. The number of rotatable bonds is 2. The van der Waals surface area contributed by atoms with Gasteiger partial charge in [0.2, 0.25) is 0 Å². The van der Waals surface area contributed by atoms with Crippen LogP contribution in [0, 0.1) is 5.82 Å². The van der Waals surface area contributed by atoms with Gasteiger partial charge in [0.25, 0.3) is 0 Å². The molecule has 0 saturated carbocycles. The molecule has 19 heavy (non-hydrogen) atoms. The molecule has 2 rings (SSSR count). The Morgan fingerprint density at radius 2 is 1.79 bits per heavy atom. The van der Waals surface area contributed by atoms with Gasteiger partial charge in [0.15, 0.2) is 0 Å². The van der Waals surface area contributed by atoms with Gasteiger partial charge in [-0.05, 0) is 58.7 Å². The van der Waals surface area contributed by atoms with E-state index >= 15 is 0 Å². The van der Waals surface area contributed by atoms with Crippen molar-refractivity contribution in [3.63, 3.8) is 0 Å². The van der Waals surface area contributed by atoms with Crippen LogP contribution in [-0.4, -0.2) is 17.1 Å². The summed E-state index contributed by atoms with van der Waals surface area (Å²) >= 11 is 5.82. The number of halogens is 2. The predicted molar refractivity (Wildman–Crippen MR) is 79.3 cm³/mol. The van der Waals surface area contributed by atoms with E-state index in [1.54, 1.807) is 12.1 Å². The number of hydrogen-bond donors (Lipinski definition) is 2. The zero-order valence-corrected chi connectivity index (χ0v) is 12.7. The largest absolute Gasteiger partial charge is 0.382 e. The van der Waals surface area contributed by atoms with Gasteiger partial charge in [-0.3, -0.25) is 0 Å². The van der Waals surface area contributed by atoms with Gasteiger partial charge in [-0.2, -0.15) is 0 Å². The zero-order chi connectivity index (χ0) is 14.3. The lowest BCUT2D eigenvalue weighted by molar-refractivity contribution is 0.170. The van der Waals surface area contributed by atoms with Crippen molar-refractivity contribution in [1.82, 2.24) is 5.32 Å². The minimum absolute atomic E-state index is 0.0865. The first kappa shape index (κ1) is 14.6. The van der Waals surface area contributed by atoms with E-state index in [0.29, 0.717) is 6.04 Å². The number of hydrogen-bond acceptors (Lipinski definition) is 2. The van der Waals surface area contributed by atoms with Crippen molar-refractivity contribution in [2.75, 3.05) is 5.32 Å². The van der Waals surface area contributed by atoms with Crippen LogP contribution in [0.5, 0.6) is 0 Å². The molecule has 1 saturated heterocycles. The van der Waals surface area contributed by atoms with Crippen molar-refractivity contribution in [3.8, 4) is 0 Å². The van der Waals surface area contributed by atoms with Crippen molar-refractivity contribution < 1.29 is 4.39 Å². The van der Waals surface area contributed by atoms with Crippen molar-refractivity contribution in [3.05, 3.63) is 29.0 Å². The Morgan fingerprint density at radius 3 is 2.32 bits per heavy atom. The van der Waals surface area contributed by atoms with Crippen LogP contribution in [0.3, 0.4) is 0 Å². The lowest BCUT2D eigenvalue weighted by Crippen LogP contribution is -2.60. The Labute approximate surface area is 119 Å². The second-order valence-corrected chi connectivity index (χ2v) is 7.18. The maximum Gasteiger partial charge on any atom is 0.141 e.